The summed E-state index contributed by atoms with van der Waals surface area (Å²) >= 11 is 0. The third kappa shape index (κ3) is 3.89. The highest BCUT2D eigenvalue weighted by atomic mass is 16.1. The molecule has 2 aromatic rings. The lowest BCUT2D eigenvalue weighted by atomic mass is 10.1. The molecule has 2 aromatic heterocycles. The molecular formula is C17H24N6O2. The number of carbonyl (C=O) groups is 1. The van der Waals surface area contributed by atoms with Crippen molar-refractivity contribution in [2.75, 3.05) is 24.5 Å². The summed E-state index contributed by atoms with van der Waals surface area (Å²) in [7, 11) is 1.64. The third-order valence-electron chi connectivity index (χ3n) is 4.62. The summed E-state index contributed by atoms with van der Waals surface area (Å²) in [6.07, 6.45) is 6.06. The maximum Gasteiger partial charge on any atom is 0.268 e. The van der Waals surface area contributed by atoms with Crippen molar-refractivity contribution in [3.63, 3.8) is 0 Å². The summed E-state index contributed by atoms with van der Waals surface area (Å²) in [5.41, 5.74) is 2.25. The molecule has 0 aliphatic carbocycles. The topological polar surface area (TPSA) is 95.9 Å². The van der Waals surface area contributed by atoms with Crippen LogP contribution in [0.25, 0.3) is 0 Å². The lowest BCUT2D eigenvalue weighted by Gasteiger charge is -2.18. The van der Waals surface area contributed by atoms with Crippen LogP contribution < -0.4 is 15.8 Å². The number of amides is 1. The van der Waals surface area contributed by atoms with E-state index in [4.69, 9.17) is 0 Å². The van der Waals surface area contributed by atoms with Gasteiger partial charge in [-0.05, 0) is 18.8 Å². The van der Waals surface area contributed by atoms with E-state index in [2.05, 4.69) is 32.4 Å². The van der Waals surface area contributed by atoms with Crippen molar-refractivity contribution < 1.29 is 4.79 Å². The van der Waals surface area contributed by atoms with Gasteiger partial charge in [-0.2, -0.15) is 10.2 Å². The van der Waals surface area contributed by atoms with Gasteiger partial charge in [-0.1, -0.05) is 13.3 Å². The molecule has 8 nitrogen and oxygen atoms in total. The number of anilines is 1. The number of nitrogens with one attached hydrogen (secondary N) is 2. The first-order valence-corrected chi connectivity index (χ1v) is 8.67. The van der Waals surface area contributed by atoms with E-state index >= 15 is 0 Å². The number of H-pyrrole nitrogens is 1. The first-order chi connectivity index (χ1) is 12.1. The summed E-state index contributed by atoms with van der Waals surface area (Å²) in [5.74, 6) is 0.278. The number of rotatable bonds is 6. The molecule has 25 heavy (non-hydrogen) atoms. The highest BCUT2D eigenvalue weighted by Gasteiger charge is 2.24. The zero-order valence-electron chi connectivity index (χ0n) is 14.7. The molecule has 0 aromatic carbocycles. The zero-order chi connectivity index (χ0) is 17.8. The first kappa shape index (κ1) is 17.2. The van der Waals surface area contributed by atoms with Crippen LogP contribution in [-0.4, -0.2) is 45.5 Å². The highest BCUT2D eigenvalue weighted by Crippen LogP contribution is 2.21. The van der Waals surface area contributed by atoms with Crippen LogP contribution in [0.2, 0.25) is 0 Å². The quantitative estimate of drug-likeness (QED) is 0.805. The zero-order valence-corrected chi connectivity index (χ0v) is 14.7. The third-order valence-corrected chi connectivity index (χ3v) is 4.62. The summed E-state index contributed by atoms with van der Waals surface area (Å²) < 4.78 is 1.32. The van der Waals surface area contributed by atoms with Crippen LogP contribution in [0.5, 0.6) is 0 Å². The molecular weight excluding hydrogens is 320 g/mol. The van der Waals surface area contributed by atoms with E-state index < -0.39 is 0 Å². The van der Waals surface area contributed by atoms with Gasteiger partial charge in [0.1, 0.15) is 0 Å². The Labute approximate surface area is 146 Å². The molecule has 0 radical (unpaired) electrons. The van der Waals surface area contributed by atoms with Crippen molar-refractivity contribution in [3.05, 3.63) is 40.1 Å². The molecule has 0 saturated carbocycles. The first-order valence-electron chi connectivity index (χ1n) is 8.67. The van der Waals surface area contributed by atoms with Gasteiger partial charge in [-0.3, -0.25) is 14.7 Å². The van der Waals surface area contributed by atoms with Crippen molar-refractivity contribution in [1.29, 1.82) is 0 Å². The van der Waals surface area contributed by atoms with Gasteiger partial charge >= 0.3 is 0 Å². The normalized spacial score (nSPS) is 17.0. The molecule has 1 saturated heterocycles. The van der Waals surface area contributed by atoms with E-state index in [9.17, 15) is 9.59 Å². The molecule has 1 aliphatic rings. The van der Waals surface area contributed by atoms with Crippen LogP contribution >= 0.6 is 0 Å². The van der Waals surface area contributed by atoms with Crippen molar-refractivity contribution in [2.45, 2.75) is 26.2 Å². The lowest BCUT2D eigenvalue weighted by molar-refractivity contribution is 0.0947. The number of hydrogen-bond acceptors (Lipinski definition) is 5. The molecule has 3 heterocycles. The molecule has 1 amide bonds. The molecule has 2 N–H and O–H groups in total. The van der Waals surface area contributed by atoms with E-state index in [0.717, 1.165) is 43.7 Å². The molecule has 1 fully saturated rings. The Morgan fingerprint density at radius 3 is 3.04 bits per heavy atom. The second-order valence-electron chi connectivity index (χ2n) is 6.50. The second-order valence-corrected chi connectivity index (χ2v) is 6.50. The van der Waals surface area contributed by atoms with Crippen LogP contribution in [0.1, 0.15) is 35.8 Å². The molecule has 0 bridgehead atoms. The molecule has 0 spiro atoms. The van der Waals surface area contributed by atoms with E-state index in [0.29, 0.717) is 18.0 Å². The van der Waals surface area contributed by atoms with Crippen molar-refractivity contribution in [2.24, 2.45) is 13.0 Å². The fraction of sp³-hybridized carbons (Fsp3) is 0.529. The van der Waals surface area contributed by atoms with Crippen LogP contribution in [0.15, 0.2) is 23.3 Å². The van der Waals surface area contributed by atoms with Crippen molar-refractivity contribution in [1.82, 2.24) is 25.3 Å². The molecule has 3 rings (SSSR count). The predicted molar refractivity (Wildman–Crippen MR) is 94.7 cm³/mol. The lowest BCUT2D eigenvalue weighted by Crippen LogP contribution is -2.31. The van der Waals surface area contributed by atoms with Gasteiger partial charge in [-0.25, -0.2) is 4.68 Å². The average molecular weight is 344 g/mol. The minimum atomic E-state index is -0.113. The van der Waals surface area contributed by atoms with Crippen LogP contribution in [0.4, 0.5) is 5.69 Å². The SMILES string of the molecule is CCCc1[nH]ncc1C(=O)NCC1CCN(c2cnn(C)c(=O)c2)C1. The Bertz CT molecular complexity index is 796. The highest BCUT2D eigenvalue weighted by molar-refractivity contribution is 5.95. The minimum absolute atomic E-state index is 0.0779. The van der Waals surface area contributed by atoms with Crippen LogP contribution in [-0.2, 0) is 13.5 Å². The van der Waals surface area contributed by atoms with Gasteiger partial charge in [0.05, 0.1) is 23.6 Å². The Morgan fingerprint density at radius 2 is 2.28 bits per heavy atom. The fourth-order valence-corrected chi connectivity index (χ4v) is 3.15. The summed E-state index contributed by atoms with van der Waals surface area (Å²) in [5, 5.41) is 13.9. The van der Waals surface area contributed by atoms with Crippen molar-refractivity contribution >= 4 is 11.6 Å². The number of hydrogen-bond donors (Lipinski definition) is 2. The van der Waals surface area contributed by atoms with Gasteiger partial charge in [0, 0.05) is 38.4 Å². The summed E-state index contributed by atoms with van der Waals surface area (Å²) in [4.78, 5) is 26.2. The number of nitrogens with zero attached hydrogens (tertiary/aromatic N) is 4. The van der Waals surface area contributed by atoms with Gasteiger partial charge in [0.15, 0.2) is 0 Å². The summed E-state index contributed by atoms with van der Waals surface area (Å²) in [6, 6.07) is 1.61. The van der Waals surface area contributed by atoms with Gasteiger partial charge < -0.3 is 10.2 Å². The maximum atomic E-state index is 12.4. The van der Waals surface area contributed by atoms with Gasteiger partial charge in [0.25, 0.3) is 11.5 Å². The maximum absolute atomic E-state index is 12.4. The minimum Gasteiger partial charge on any atom is -0.370 e. The standard InChI is InChI=1S/C17H24N6O2/c1-3-4-15-14(10-19-21-15)17(25)18-8-12-5-6-23(11-12)13-7-16(24)22(2)20-9-13/h7,9-10,12H,3-6,8,11H2,1-2H3,(H,18,25)(H,19,21). The molecule has 1 atom stereocenters. The largest absolute Gasteiger partial charge is 0.370 e. The molecule has 1 unspecified atom stereocenters. The Morgan fingerprint density at radius 1 is 1.44 bits per heavy atom. The van der Waals surface area contributed by atoms with E-state index in [1.165, 1.54) is 4.68 Å². The number of aryl methyl sites for hydroxylation is 2. The van der Waals surface area contributed by atoms with Gasteiger partial charge in [-0.15, -0.1) is 0 Å². The number of carbonyl (C=O) groups excluding carboxylic acids is 1. The molecule has 8 heteroatoms. The van der Waals surface area contributed by atoms with E-state index in [1.807, 2.05) is 0 Å². The van der Waals surface area contributed by atoms with Crippen LogP contribution in [0.3, 0.4) is 0 Å². The van der Waals surface area contributed by atoms with E-state index in [-0.39, 0.29) is 11.5 Å². The number of aromatic nitrogens is 4. The van der Waals surface area contributed by atoms with E-state index in [1.54, 1.807) is 25.5 Å². The van der Waals surface area contributed by atoms with Crippen molar-refractivity contribution in [3.8, 4) is 0 Å². The second kappa shape index (κ2) is 7.50. The fourth-order valence-electron chi connectivity index (χ4n) is 3.15. The predicted octanol–water partition coefficient (Wildman–Crippen LogP) is 0.712. The molecule has 1 aliphatic heterocycles. The number of aromatic amines is 1. The average Bonchev–Trinajstić information content (AvgIpc) is 3.25. The smallest absolute Gasteiger partial charge is 0.268 e. The Hall–Kier alpha value is -2.64. The Balaban J connectivity index is 1.54. The van der Waals surface area contributed by atoms with Crippen LogP contribution in [0, 0.1) is 5.92 Å². The van der Waals surface area contributed by atoms with Gasteiger partial charge in [0.2, 0.25) is 0 Å². The molecule has 134 valence electrons. The Kier molecular flexibility index (Phi) is 5.16. The summed E-state index contributed by atoms with van der Waals surface area (Å²) in [6.45, 7) is 4.36. The monoisotopic (exact) mass is 344 g/mol.